The van der Waals surface area contributed by atoms with Gasteiger partial charge in [-0.2, -0.15) is 0 Å². The molecule has 8 heteroatoms. The van der Waals surface area contributed by atoms with Crippen LogP contribution in [0, 0.1) is 13.8 Å². The van der Waals surface area contributed by atoms with E-state index in [-0.39, 0.29) is 12.3 Å². The van der Waals surface area contributed by atoms with Crippen LogP contribution >= 0.6 is 11.3 Å². The van der Waals surface area contributed by atoms with Crippen LogP contribution in [0.15, 0.2) is 12.4 Å². The molecule has 0 atom stereocenters. The molecule has 1 N–H and O–H groups in total. The Labute approximate surface area is 125 Å². The molecule has 0 spiro atoms. The topological polar surface area (TPSA) is 94.1 Å². The number of rotatable bonds is 4. The third-order valence-electron chi connectivity index (χ3n) is 2.49. The number of ether oxygens (including phenoxy) is 1. The number of anilines is 1. The summed E-state index contributed by atoms with van der Waals surface area (Å²) in [5.41, 5.74) is 1.43. The van der Waals surface area contributed by atoms with Gasteiger partial charge in [0, 0.05) is 6.20 Å². The lowest BCUT2D eigenvalue weighted by Gasteiger charge is -2.00. The van der Waals surface area contributed by atoms with Crippen LogP contribution in [0.1, 0.15) is 38.5 Å². The molecule has 2 aromatic rings. The molecule has 0 radical (unpaired) electrons. The molecule has 2 rings (SSSR count). The summed E-state index contributed by atoms with van der Waals surface area (Å²) in [6.45, 7) is 5.48. The second kappa shape index (κ2) is 6.40. The van der Waals surface area contributed by atoms with Crippen LogP contribution in [0.4, 0.5) is 5.13 Å². The number of aryl methyl sites for hydroxylation is 2. The van der Waals surface area contributed by atoms with Crippen molar-refractivity contribution in [2.75, 3.05) is 11.9 Å². The fraction of sp³-hybridized carbons (Fsp3) is 0.308. The van der Waals surface area contributed by atoms with E-state index in [0.717, 1.165) is 17.0 Å². The number of carbonyl (C=O) groups excluding carboxylic acids is 2. The molecule has 0 bridgehead atoms. The van der Waals surface area contributed by atoms with Gasteiger partial charge >= 0.3 is 5.97 Å². The fourth-order valence-electron chi connectivity index (χ4n) is 1.51. The van der Waals surface area contributed by atoms with Gasteiger partial charge in [-0.15, -0.1) is 0 Å². The summed E-state index contributed by atoms with van der Waals surface area (Å²) in [4.78, 5) is 36.2. The summed E-state index contributed by atoms with van der Waals surface area (Å²) in [5.74, 6) is -0.866. The number of hydrogen-bond donors (Lipinski definition) is 1. The van der Waals surface area contributed by atoms with Crippen LogP contribution in [0.5, 0.6) is 0 Å². The van der Waals surface area contributed by atoms with Crippen LogP contribution in [0.3, 0.4) is 0 Å². The Morgan fingerprint density at radius 2 is 2.05 bits per heavy atom. The molecule has 1 amide bonds. The largest absolute Gasteiger partial charge is 0.462 e. The number of carbonyl (C=O) groups is 2. The second-order valence-corrected chi connectivity index (χ2v) is 5.15. The van der Waals surface area contributed by atoms with Gasteiger partial charge in [-0.25, -0.2) is 14.8 Å². The first-order valence-electron chi connectivity index (χ1n) is 6.25. The van der Waals surface area contributed by atoms with Crippen molar-refractivity contribution in [3.8, 4) is 0 Å². The number of thiazole rings is 1. The number of aromatic nitrogens is 3. The zero-order valence-corrected chi connectivity index (χ0v) is 12.7. The van der Waals surface area contributed by atoms with Crippen LogP contribution < -0.4 is 5.32 Å². The Hall–Kier alpha value is -2.35. The minimum atomic E-state index is -0.442. The van der Waals surface area contributed by atoms with Gasteiger partial charge in [0.1, 0.15) is 10.6 Å². The Balaban J connectivity index is 2.13. The van der Waals surface area contributed by atoms with E-state index in [1.165, 1.54) is 12.4 Å². The van der Waals surface area contributed by atoms with E-state index < -0.39 is 11.9 Å². The Morgan fingerprint density at radius 1 is 1.29 bits per heavy atom. The van der Waals surface area contributed by atoms with Gasteiger partial charge in [-0.1, -0.05) is 11.3 Å². The monoisotopic (exact) mass is 306 g/mol. The van der Waals surface area contributed by atoms with E-state index >= 15 is 0 Å². The van der Waals surface area contributed by atoms with Gasteiger partial charge in [-0.05, 0) is 20.8 Å². The standard InChI is InChI=1S/C13H14N4O3S/c1-4-20-12(19)10-8(3)16-13(21-10)17-11(18)9-6-14-7(2)5-15-9/h5-6H,4H2,1-3H3,(H,16,17,18). The predicted octanol–water partition coefficient (Wildman–Crippen LogP) is 1.98. The van der Waals surface area contributed by atoms with E-state index in [9.17, 15) is 9.59 Å². The quantitative estimate of drug-likeness (QED) is 0.868. The van der Waals surface area contributed by atoms with Gasteiger partial charge in [0.2, 0.25) is 0 Å². The summed E-state index contributed by atoms with van der Waals surface area (Å²) in [6, 6.07) is 0. The van der Waals surface area contributed by atoms with Crippen molar-refractivity contribution >= 4 is 28.3 Å². The maximum Gasteiger partial charge on any atom is 0.350 e. The van der Waals surface area contributed by atoms with E-state index in [4.69, 9.17) is 4.74 Å². The highest BCUT2D eigenvalue weighted by Gasteiger charge is 2.18. The lowest BCUT2D eigenvalue weighted by Crippen LogP contribution is -2.13. The molecular formula is C13H14N4O3S. The first kappa shape index (κ1) is 15.0. The highest BCUT2D eigenvalue weighted by atomic mass is 32.1. The lowest BCUT2D eigenvalue weighted by molar-refractivity contribution is 0.0531. The summed E-state index contributed by atoms with van der Waals surface area (Å²) >= 11 is 1.07. The van der Waals surface area contributed by atoms with E-state index in [1.54, 1.807) is 20.8 Å². The Kier molecular flexibility index (Phi) is 4.59. The lowest BCUT2D eigenvalue weighted by atomic mass is 10.4. The zero-order valence-electron chi connectivity index (χ0n) is 11.8. The van der Waals surface area contributed by atoms with Crippen molar-refractivity contribution in [3.63, 3.8) is 0 Å². The maximum atomic E-state index is 12.0. The van der Waals surface area contributed by atoms with Gasteiger partial charge in [0.15, 0.2) is 5.13 Å². The number of hydrogen-bond acceptors (Lipinski definition) is 7. The van der Waals surface area contributed by atoms with Crippen LogP contribution in [0.25, 0.3) is 0 Å². The second-order valence-electron chi connectivity index (χ2n) is 4.15. The SMILES string of the molecule is CCOC(=O)c1sc(NC(=O)c2cnc(C)cn2)nc1C. The molecule has 2 aromatic heterocycles. The van der Waals surface area contributed by atoms with Crippen molar-refractivity contribution in [2.24, 2.45) is 0 Å². The van der Waals surface area contributed by atoms with Crippen molar-refractivity contribution in [2.45, 2.75) is 20.8 Å². The molecule has 0 saturated carbocycles. The van der Waals surface area contributed by atoms with Crippen molar-refractivity contribution in [1.29, 1.82) is 0 Å². The summed E-state index contributed by atoms with van der Waals surface area (Å²) in [5, 5.41) is 2.92. The minimum Gasteiger partial charge on any atom is -0.462 e. The molecule has 21 heavy (non-hydrogen) atoms. The number of esters is 1. The van der Waals surface area contributed by atoms with Crippen molar-refractivity contribution in [3.05, 3.63) is 34.4 Å². The average molecular weight is 306 g/mol. The smallest absolute Gasteiger partial charge is 0.350 e. The number of nitrogens with zero attached hydrogens (tertiary/aromatic N) is 3. The third-order valence-corrected chi connectivity index (χ3v) is 3.54. The molecular weight excluding hydrogens is 292 g/mol. The van der Waals surface area contributed by atoms with Gasteiger partial charge in [0.25, 0.3) is 5.91 Å². The Bertz CT molecular complexity index is 667. The molecule has 110 valence electrons. The molecule has 0 saturated heterocycles. The van der Waals surface area contributed by atoms with Gasteiger partial charge in [0.05, 0.1) is 24.2 Å². The fourth-order valence-corrected chi connectivity index (χ4v) is 2.36. The zero-order chi connectivity index (χ0) is 15.4. The number of amides is 1. The molecule has 0 fully saturated rings. The minimum absolute atomic E-state index is 0.186. The van der Waals surface area contributed by atoms with E-state index in [1.807, 2.05) is 0 Å². The molecule has 0 aromatic carbocycles. The van der Waals surface area contributed by atoms with Crippen LogP contribution in [0.2, 0.25) is 0 Å². The third kappa shape index (κ3) is 3.60. The first-order valence-corrected chi connectivity index (χ1v) is 7.07. The van der Waals surface area contributed by atoms with Gasteiger partial charge < -0.3 is 4.74 Å². The molecule has 0 aliphatic carbocycles. The Morgan fingerprint density at radius 3 is 2.67 bits per heavy atom. The van der Waals surface area contributed by atoms with Crippen LogP contribution in [-0.2, 0) is 4.74 Å². The van der Waals surface area contributed by atoms with Crippen LogP contribution in [-0.4, -0.2) is 33.4 Å². The molecule has 7 nitrogen and oxygen atoms in total. The predicted molar refractivity (Wildman–Crippen MR) is 77.5 cm³/mol. The summed E-state index contributed by atoms with van der Waals surface area (Å²) < 4.78 is 4.92. The molecule has 0 aliphatic heterocycles. The highest BCUT2D eigenvalue weighted by molar-refractivity contribution is 7.17. The molecule has 2 heterocycles. The first-order chi connectivity index (χ1) is 10.0. The summed E-state index contributed by atoms with van der Waals surface area (Å²) in [7, 11) is 0. The molecule has 0 unspecified atom stereocenters. The average Bonchev–Trinajstić information content (AvgIpc) is 2.80. The highest BCUT2D eigenvalue weighted by Crippen LogP contribution is 2.23. The van der Waals surface area contributed by atoms with Crippen molar-refractivity contribution < 1.29 is 14.3 Å². The van der Waals surface area contributed by atoms with E-state index in [0.29, 0.717) is 15.7 Å². The van der Waals surface area contributed by atoms with Crippen molar-refractivity contribution in [1.82, 2.24) is 15.0 Å². The van der Waals surface area contributed by atoms with Gasteiger partial charge in [-0.3, -0.25) is 15.1 Å². The van der Waals surface area contributed by atoms with E-state index in [2.05, 4.69) is 20.3 Å². The normalized spacial score (nSPS) is 10.2. The summed E-state index contributed by atoms with van der Waals surface area (Å²) in [6.07, 6.45) is 2.89. The number of nitrogens with one attached hydrogen (secondary N) is 1. The maximum absolute atomic E-state index is 12.0. The molecule has 0 aliphatic rings.